The lowest BCUT2D eigenvalue weighted by Crippen LogP contribution is -2.45. The molecule has 6 nitrogen and oxygen atoms in total. The number of pyridine rings is 1. The number of nitrogens with one attached hydrogen (secondary N) is 1. The van der Waals surface area contributed by atoms with Gasteiger partial charge in [-0.1, -0.05) is 12.1 Å². The molecule has 0 radical (unpaired) electrons. The molecular formula is C21H27N3O3. The van der Waals surface area contributed by atoms with Crippen LogP contribution in [0.2, 0.25) is 0 Å². The number of benzene rings is 1. The first-order valence-corrected chi connectivity index (χ1v) is 9.35. The van der Waals surface area contributed by atoms with Gasteiger partial charge in [0.2, 0.25) is 5.91 Å². The summed E-state index contributed by atoms with van der Waals surface area (Å²) in [5, 5.41) is 3.36. The number of ether oxygens (including phenoxy) is 2. The van der Waals surface area contributed by atoms with Gasteiger partial charge in [0.25, 0.3) is 0 Å². The number of carbonyl (C=O) groups is 1. The van der Waals surface area contributed by atoms with Gasteiger partial charge in [-0.25, -0.2) is 0 Å². The molecule has 144 valence electrons. The van der Waals surface area contributed by atoms with Crippen molar-refractivity contribution >= 4 is 5.91 Å². The minimum Gasteiger partial charge on any atom is -0.497 e. The van der Waals surface area contributed by atoms with E-state index in [9.17, 15) is 4.79 Å². The first-order valence-electron chi connectivity index (χ1n) is 9.35. The van der Waals surface area contributed by atoms with Crippen molar-refractivity contribution in [2.45, 2.75) is 25.4 Å². The van der Waals surface area contributed by atoms with Crippen LogP contribution in [0.3, 0.4) is 0 Å². The Labute approximate surface area is 160 Å². The van der Waals surface area contributed by atoms with Crippen molar-refractivity contribution in [3.05, 3.63) is 59.9 Å². The fourth-order valence-electron chi connectivity index (χ4n) is 3.15. The normalized spacial score (nSPS) is 16.7. The highest BCUT2D eigenvalue weighted by atomic mass is 16.5. The summed E-state index contributed by atoms with van der Waals surface area (Å²) in [4.78, 5) is 18.9. The highest BCUT2D eigenvalue weighted by Crippen LogP contribution is 2.14. The van der Waals surface area contributed by atoms with Crippen molar-refractivity contribution in [3.63, 3.8) is 0 Å². The molecule has 0 spiro atoms. The monoisotopic (exact) mass is 369 g/mol. The van der Waals surface area contributed by atoms with Crippen molar-refractivity contribution in [2.75, 3.05) is 33.4 Å². The predicted octanol–water partition coefficient (Wildman–Crippen LogP) is 2.04. The third-order valence-electron chi connectivity index (χ3n) is 4.72. The average molecular weight is 369 g/mol. The molecule has 6 heteroatoms. The second kappa shape index (κ2) is 10.0. The van der Waals surface area contributed by atoms with Gasteiger partial charge in [0.05, 0.1) is 20.3 Å². The number of hydrogen-bond donors (Lipinski definition) is 1. The summed E-state index contributed by atoms with van der Waals surface area (Å²) in [7, 11) is 1.66. The maximum atomic E-state index is 12.9. The molecule has 1 atom stereocenters. The van der Waals surface area contributed by atoms with E-state index in [4.69, 9.17) is 9.47 Å². The zero-order valence-electron chi connectivity index (χ0n) is 15.8. The molecule has 1 amide bonds. The van der Waals surface area contributed by atoms with Gasteiger partial charge in [-0.3, -0.25) is 9.78 Å². The minimum absolute atomic E-state index is 0.0900. The van der Waals surface area contributed by atoms with Crippen LogP contribution in [0.15, 0.2) is 48.8 Å². The number of amides is 1. The molecule has 1 aliphatic heterocycles. The van der Waals surface area contributed by atoms with E-state index in [2.05, 4.69) is 10.3 Å². The number of methoxy groups -OCH3 is 1. The van der Waals surface area contributed by atoms with Crippen molar-refractivity contribution in [1.82, 2.24) is 15.2 Å². The van der Waals surface area contributed by atoms with Crippen LogP contribution in [0, 0.1) is 0 Å². The molecule has 2 aromatic rings. The molecule has 3 rings (SSSR count). The number of rotatable bonds is 8. The van der Waals surface area contributed by atoms with Gasteiger partial charge in [0, 0.05) is 44.5 Å². The lowest BCUT2D eigenvalue weighted by atomic mass is 10.1. The van der Waals surface area contributed by atoms with E-state index in [1.54, 1.807) is 19.5 Å². The Kier molecular flexibility index (Phi) is 7.19. The van der Waals surface area contributed by atoms with E-state index in [0.717, 1.165) is 24.3 Å². The number of aromatic nitrogens is 1. The lowest BCUT2D eigenvalue weighted by molar-refractivity contribution is -0.133. The van der Waals surface area contributed by atoms with Crippen LogP contribution in [0.4, 0.5) is 0 Å². The summed E-state index contributed by atoms with van der Waals surface area (Å²) >= 11 is 0. The molecule has 1 N–H and O–H groups in total. The van der Waals surface area contributed by atoms with E-state index < -0.39 is 0 Å². The summed E-state index contributed by atoms with van der Waals surface area (Å²) in [6.07, 6.45) is 4.78. The quantitative estimate of drug-likeness (QED) is 0.772. The topological polar surface area (TPSA) is 63.7 Å². The Morgan fingerprint density at radius 2 is 2.00 bits per heavy atom. The third-order valence-corrected chi connectivity index (χ3v) is 4.72. The standard InChI is InChI=1S/C21H27N3O3/c1-26-20-4-2-17(3-5-20)8-12-24(15-18-6-9-22-10-7-18)21(25)14-19-16-27-13-11-23-19/h2-7,9-10,19,23H,8,11-16H2,1H3/t19-/m1/s1. The van der Waals surface area contributed by atoms with E-state index in [0.29, 0.717) is 32.7 Å². The summed E-state index contributed by atoms with van der Waals surface area (Å²) in [6, 6.07) is 12.0. The molecule has 1 aromatic heterocycles. The Balaban J connectivity index is 1.63. The second-order valence-corrected chi connectivity index (χ2v) is 6.70. The van der Waals surface area contributed by atoms with Gasteiger partial charge < -0.3 is 19.7 Å². The molecular weight excluding hydrogens is 342 g/mol. The molecule has 27 heavy (non-hydrogen) atoms. The van der Waals surface area contributed by atoms with Gasteiger partial charge in [0.1, 0.15) is 5.75 Å². The average Bonchev–Trinajstić information content (AvgIpc) is 2.73. The van der Waals surface area contributed by atoms with E-state index in [1.165, 1.54) is 5.56 Å². The highest BCUT2D eigenvalue weighted by molar-refractivity contribution is 5.77. The van der Waals surface area contributed by atoms with E-state index in [1.807, 2.05) is 41.3 Å². The van der Waals surface area contributed by atoms with Crippen LogP contribution in [-0.2, 0) is 22.5 Å². The SMILES string of the molecule is COc1ccc(CCN(Cc2ccncc2)C(=O)C[C@@H]2COCCN2)cc1. The van der Waals surface area contributed by atoms with Gasteiger partial charge in [0.15, 0.2) is 0 Å². The number of nitrogens with zero attached hydrogens (tertiary/aromatic N) is 2. The fourth-order valence-corrected chi connectivity index (χ4v) is 3.15. The summed E-state index contributed by atoms with van der Waals surface area (Å²) < 4.78 is 10.7. The molecule has 1 saturated heterocycles. The minimum atomic E-state index is 0.0900. The summed E-state index contributed by atoms with van der Waals surface area (Å²) in [5.41, 5.74) is 2.27. The predicted molar refractivity (Wildman–Crippen MR) is 104 cm³/mol. The lowest BCUT2D eigenvalue weighted by Gasteiger charge is -2.28. The van der Waals surface area contributed by atoms with E-state index in [-0.39, 0.29) is 11.9 Å². The van der Waals surface area contributed by atoms with Gasteiger partial charge in [-0.05, 0) is 41.8 Å². The summed E-state index contributed by atoms with van der Waals surface area (Å²) in [6.45, 7) is 3.36. The van der Waals surface area contributed by atoms with Gasteiger partial charge >= 0.3 is 0 Å². The largest absolute Gasteiger partial charge is 0.497 e. The highest BCUT2D eigenvalue weighted by Gasteiger charge is 2.21. The Morgan fingerprint density at radius 1 is 1.22 bits per heavy atom. The Hall–Kier alpha value is -2.44. The van der Waals surface area contributed by atoms with Crippen LogP contribution in [0.1, 0.15) is 17.5 Å². The van der Waals surface area contributed by atoms with Crippen LogP contribution in [0.25, 0.3) is 0 Å². The van der Waals surface area contributed by atoms with Gasteiger partial charge in [-0.2, -0.15) is 0 Å². The number of carbonyl (C=O) groups excluding carboxylic acids is 1. The first-order chi connectivity index (χ1) is 13.2. The molecule has 2 heterocycles. The molecule has 0 bridgehead atoms. The van der Waals surface area contributed by atoms with Crippen molar-refractivity contribution in [3.8, 4) is 5.75 Å². The molecule has 1 aromatic carbocycles. The maximum absolute atomic E-state index is 12.9. The molecule has 0 aliphatic carbocycles. The molecule has 0 unspecified atom stereocenters. The van der Waals surface area contributed by atoms with Crippen molar-refractivity contribution in [1.29, 1.82) is 0 Å². The Bertz CT molecular complexity index is 700. The van der Waals surface area contributed by atoms with Crippen LogP contribution in [0.5, 0.6) is 5.75 Å². The zero-order chi connectivity index (χ0) is 18.9. The molecule has 1 fully saturated rings. The number of morpholine rings is 1. The number of hydrogen-bond acceptors (Lipinski definition) is 5. The maximum Gasteiger partial charge on any atom is 0.224 e. The molecule has 0 saturated carbocycles. The third kappa shape index (κ3) is 6.05. The first kappa shape index (κ1) is 19.3. The van der Waals surface area contributed by atoms with Crippen molar-refractivity contribution < 1.29 is 14.3 Å². The zero-order valence-corrected chi connectivity index (χ0v) is 15.8. The van der Waals surface area contributed by atoms with Crippen LogP contribution < -0.4 is 10.1 Å². The van der Waals surface area contributed by atoms with Crippen molar-refractivity contribution in [2.24, 2.45) is 0 Å². The summed E-state index contributed by atoms with van der Waals surface area (Å²) in [5.74, 6) is 0.982. The van der Waals surface area contributed by atoms with Crippen LogP contribution in [-0.4, -0.2) is 55.2 Å². The Morgan fingerprint density at radius 3 is 2.67 bits per heavy atom. The van der Waals surface area contributed by atoms with Crippen LogP contribution >= 0.6 is 0 Å². The second-order valence-electron chi connectivity index (χ2n) is 6.70. The molecule has 1 aliphatic rings. The van der Waals surface area contributed by atoms with Gasteiger partial charge in [-0.15, -0.1) is 0 Å². The fraction of sp³-hybridized carbons (Fsp3) is 0.429. The smallest absolute Gasteiger partial charge is 0.224 e. The van der Waals surface area contributed by atoms with E-state index >= 15 is 0 Å².